The fourth-order valence-electron chi connectivity index (χ4n) is 2.62. The van der Waals surface area contributed by atoms with Crippen molar-refractivity contribution < 1.29 is 0 Å². The van der Waals surface area contributed by atoms with Crippen LogP contribution in [-0.2, 0) is 6.54 Å². The summed E-state index contributed by atoms with van der Waals surface area (Å²) < 4.78 is 0. The summed E-state index contributed by atoms with van der Waals surface area (Å²) in [7, 11) is 1.91. The van der Waals surface area contributed by atoms with E-state index in [0.29, 0.717) is 5.41 Å². The van der Waals surface area contributed by atoms with E-state index >= 15 is 0 Å². The molecule has 0 aliphatic carbocycles. The fraction of sp³-hybridized carbons (Fsp3) is 0.643. The summed E-state index contributed by atoms with van der Waals surface area (Å²) in [4.78, 5) is 7.10. The molecule has 1 aliphatic heterocycles. The molecule has 17 heavy (non-hydrogen) atoms. The van der Waals surface area contributed by atoms with E-state index in [0.717, 1.165) is 18.1 Å². The smallest absolute Gasteiger partial charge is 0.126 e. The Morgan fingerprint density at radius 3 is 2.94 bits per heavy atom. The number of anilines is 1. The third kappa shape index (κ3) is 3.43. The number of piperidine rings is 1. The van der Waals surface area contributed by atoms with Crippen LogP contribution >= 0.6 is 0 Å². The van der Waals surface area contributed by atoms with Gasteiger partial charge in [0.1, 0.15) is 5.82 Å². The normalized spacial score (nSPS) is 20.2. The highest BCUT2D eigenvalue weighted by molar-refractivity contribution is 5.34. The van der Waals surface area contributed by atoms with E-state index in [1.54, 1.807) is 0 Å². The van der Waals surface area contributed by atoms with Gasteiger partial charge in [0, 0.05) is 20.1 Å². The first-order valence-electron chi connectivity index (χ1n) is 6.45. The number of likely N-dealkylation sites (tertiary alicyclic amines) is 1. The predicted octanol–water partition coefficient (Wildman–Crippen LogP) is 2.75. The number of hydrogen-bond donors (Lipinski definition) is 1. The van der Waals surface area contributed by atoms with Crippen LogP contribution in [-0.4, -0.2) is 30.0 Å². The van der Waals surface area contributed by atoms with Gasteiger partial charge in [0.15, 0.2) is 0 Å². The molecule has 0 spiro atoms. The second-order valence-electron chi connectivity index (χ2n) is 5.74. The first-order chi connectivity index (χ1) is 8.09. The van der Waals surface area contributed by atoms with Gasteiger partial charge in [-0.05, 0) is 36.9 Å². The molecule has 3 heteroatoms. The Balaban J connectivity index is 2.00. The summed E-state index contributed by atoms with van der Waals surface area (Å²) in [5.41, 5.74) is 1.62. The minimum atomic E-state index is 0.457. The molecule has 0 amide bonds. The summed E-state index contributed by atoms with van der Waals surface area (Å²) in [5, 5.41) is 3.09. The Kier molecular flexibility index (Phi) is 3.67. The average Bonchev–Trinajstić information content (AvgIpc) is 2.28. The molecule has 1 fully saturated rings. The van der Waals surface area contributed by atoms with Crippen molar-refractivity contribution in [3.05, 3.63) is 23.9 Å². The minimum Gasteiger partial charge on any atom is -0.373 e. The number of pyridine rings is 1. The summed E-state index contributed by atoms with van der Waals surface area (Å²) in [5.74, 6) is 0.957. The molecule has 1 aromatic rings. The second kappa shape index (κ2) is 5.05. The number of aromatic nitrogens is 1. The zero-order chi connectivity index (χ0) is 12.3. The quantitative estimate of drug-likeness (QED) is 0.870. The van der Waals surface area contributed by atoms with E-state index < -0.39 is 0 Å². The lowest BCUT2D eigenvalue weighted by Gasteiger charge is -2.37. The van der Waals surface area contributed by atoms with E-state index in [4.69, 9.17) is 0 Å². The van der Waals surface area contributed by atoms with Gasteiger partial charge in [-0.15, -0.1) is 0 Å². The maximum atomic E-state index is 4.58. The van der Waals surface area contributed by atoms with Crippen molar-refractivity contribution in [1.82, 2.24) is 9.88 Å². The molecule has 1 saturated heterocycles. The molecule has 3 nitrogen and oxygen atoms in total. The highest BCUT2D eigenvalue weighted by Crippen LogP contribution is 2.29. The third-order valence-corrected chi connectivity index (χ3v) is 3.43. The van der Waals surface area contributed by atoms with Gasteiger partial charge < -0.3 is 5.32 Å². The van der Waals surface area contributed by atoms with Gasteiger partial charge in [-0.1, -0.05) is 19.9 Å². The SMILES string of the molecule is CNc1cccc(CN2CCCC(C)(C)C2)n1. The van der Waals surface area contributed by atoms with Crippen molar-refractivity contribution in [2.75, 3.05) is 25.5 Å². The molecule has 0 saturated carbocycles. The number of nitrogens with one attached hydrogen (secondary N) is 1. The number of rotatable bonds is 3. The lowest BCUT2D eigenvalue weighted by atomic mass is 9.84. The van der Waals surface area contributed by atoms with Crippen molar-refractivity contribution in [3.8, 4) is 0 Å². The summed E-state index contributed by atoms with van der Waals surface area (Å²) >= 11 is 0. The topological polar surface area (TPSA) is 28.2 Å². The van der Waals surface area contributed by atoms with Crippen LogP contribution in [0, 0.1) is 5.41 Å². The molecule has 94 valence electrons. The minimum absolute atomic E-state index is 0.457. The van der Waals surface area contributed by atoms with Crippen LogP contribution in [0.15, 0.2) is 18.2 Å². The van der Waals surface area contributed by atoms with Gasteiger partial charge in [0.2, 0.25) is 0 Å². The van der Waals surface area contributed by atoms with Crippen molar-refractivity contribution in [1.29, 1.82) is 0 Å². The standard InChI is InChI=1S/C14H23N3/c1-14(2)8-5-9-17(11-14)10-12-6-4-7-13(15-3)16-12/h4,6-7H,5,8-11H2,1-3H3,(H,15,16). The van der Waals surface area contributed by atoms with Crippen LogP contribution in [0.2, 0.25) is 0 Å². The largest absolute Gasteiger partial charge is 0.373 e. The monoisotopic (exact) mass is 233 g/mol. The lowest BCUT2D eigenvalue weighted by molar-refractivity contribution is 0.110. The molecule has 2 heterocycles. The van der Waals surface area contributed by atoms with Gasteiger partial charge in [-0.25, -0.2) is 4.98 Å². The molecule has 0 aromatic carbocycles. The van der Waals surface area contributed by atoms with E-state index in [1.165, 1.54) is 25.9 Å². The first kappa shape index (κ1) is 12.4. The molecule has 2 rings (SSSR count). The molecule has 1 aromatic heterocycles. The first-order valence-corrected chi connectivity index (χ1v) is 6.45. The Morgan fingerprint density at radius 2 is 2.24 bits per heavy atom. The maximum Gasteiger partial charge on any atom is 0.126 e. The van der Waals surface area contributed by atoms with Crippen LogP contribution in [0.3, 0.4) is 0 Å². The van der Waals surface area contributed by atoms with Crippen LogP contribution < -0.4 is 5.32 Å². The number of nitrogens with zero attached hydrogens (tertiary/aromatic N) is 2. The number of hydrogen-bond acceptors (Lipinski definition) is 3. The molecule has 0 bridgehead atoms. The van der Waals surface area contributed by atoms with Crippen molar-refractivity contribution in [2.24, 2.45) is 5.41 Å². The Hall–Kier alpha value is -1.09. The van der Waals surface area contributed by atoms with Gasteiger partial charge in [-0.3, -0.25) is 4.90 Å². The van der Waals surface area contributed by atoms with E-state index in [2.05, 4.69) is 41.2 Å². The molecule has 1 N–H and O–H groups in total. The summed E-state index contributed by atoms with van der Waals surface area (Å²) in [6, 6.07) is 6.19. The Labute approximate surface area is 104 Å². The van der Waals surface area contributed by atoms with Gasteiger partial charge >= 0.3 is 0 Å². The molecule has 0 radical (unpaired) electrons. The summed E-state index contributed by atoms with van der Waals surface area (Å²) in [6.45, 7) is 8.07. The van der Waals surface area contributed by atoms with E-state index in [-0.39, 0.29) is 0 Å². The van der Waals surface area contributed by atoms with Crippen molar-refractivity contribution in [3.63, 3.8) is 0 Å². The molecule has 0 unspecified atom stereocenters. The lowest BCUT2D eigenvalue weighted by Crippen LogP contribution is -2.39. The molecule has 0 atom stereocenters. The molecular weight excluding hydrogens is 210 g/mol. The van der Waals surface area contributed by atoms with Gasteiger partial charge in [0.25, 0.3) is 0 Å². The van der Waals surface area contributed by atoms with Crippen LogP contribution in [0.25, 0.3) is 0 Å². The maximum absolute atomic E-state index is 4.58. The molecular formula is C14H23N3. The van der Waals surface area contributed by atoms with E-state index in [1.807, 2.05) is 13.1 Å². The zero-order valence-electron chi connectivity index (χ0n) is 11.2. The fourth-order valence-corrected chi connectivity index (χ4v) is 2.62. The van der Waals surface area contributed by atoms with Gasteiger partial charge in [-0.2, -0.15) is 0 Å². The zero-order valence-corrected chi connectivity index (χ0v) is 11.2. The van der Waals surface area contributed by atoms with Crippen molar-refractivity contribution in [2.45, 2.75) is 33.2 Å². The van der Waals surface area contributed by atoms with Gasteiger partial charge in [0.05, 0.1) is 5.69 Å². The average molecular weight is 233 g/mol. The van der Waals surface area contributed by atoms with Crippen molar-refractivity contribution >= 4 is 5.82 Å². The Bertz CT molecular complexity index is 373. The third-order valence-electron chi connectivity index (χ3n) is 3.43. The predicted molar refractivity (Wildman–Crippen MR) is 72.1 cm³/mol. The van der Waals surface area contributed by atoms with Crippen LogP contribution in [0.5, 0.6) is 0 Å². The van der Waals surface area contributed by atoms with E-state index in [9.17, 15) is 0 Å². The highest BCUT2D eigenvalue weighted by atomic mass is 15.1. The Morgan fingerprint density at radius 1 is 1.41 bits per heavy atom. The second-order valence-corrected chi connectivity index (χ2v) is 5.74. The molecule has 1 aliphatic rings. The van der Waals surface area contributed by atoms with Crippen LogP contribution in [0.4, 0.5) is 5.82 Å². The van der Waals surface area contributed by atoms with Crippen LogP contribution in [0.1, 0.15) is 32.4 Å². The highest BCUT2D eigenvalue weighted by Gasteiger charge is 2.26. The summed E-state index contributed by atoms with van der Waals surface area (Å²) in [6.07, 6.45) is 2.65.